The summed E-state index contributed by atoms with van der Waals surface area (Å²) in [6.07, 6.45) is -0.198. The van der Waals surface area contributed by atoms with Gasteiger partial charge >= 0.3 is 5.97 Å². The summed E-state index contributed by atoms with van der Waals surface area (Å²) in [5.74, 6) is -0.576. The fourth-order valence-electron chi connectivity index (χ4n) is 1.67. The highest BCUT2D eigenvalue weighted by Gasteiger charge is 2.17. The largest absolute Gasteiger partial charge is 0.504 e. The van der Waals surface area contributed by atoms with Gasteiger partial charge in [0.25, 0.3) is 0 Å². The van der Waals surface area contributed by atoms with Crippen LogP contribution >= 0.6 is 0 Å². The topological polar surface area (TPSA) is 66.8 Å². The van der Waals surface area contributed by atoms with Gasteiger partial charge in [0.15, 0.2) is 11.5 Å². The van der Waals surface area contributed by atoms with Crippen LogP contribution in [0.25, 0.3) is 0 Å². The molecule has 0 saturated heterocycles. The summed E-state index contributed by atoms with van der Waals surface area (Å²) in [6, 6.07) is 3.44. The van der Waals surface area contributed by atoms with E-state index in [0.717, 1.165) is 5.56 Å². The fourth-order valence-corrected chi connectivity index (χ4v) is 1.67. The number of aliphatic carboxylic acids is 1. The van der Waals surface area contributed by atoms with Crippen molar-refractivity contribution in [3.05, 3.63) is 23.3 Å². The molecule has 0 aliphatic carbocycles. The van der Waals surface area contributed by atoms with Crippen LogP contribution in [0.4, 0.5) is 0 Å². The first-order valence-corrected chi connectivity index (χ1v) is 5.07. The van der Waals surface area contributed by atoms with E-state index < -0.39 is 5.97 Å². The second-order valence-electron chi connectivity index (χ2n) is 3.91. The average Bonchev–Trinajstić information content (AvgIpc) is 2.19. The summed E-state index contributed by atoms with van der Waals surface area (Å²) in [5.41, 5.74) is 1.27. The second-order valence-corrected chi connectivity index (χ2v) is 3.91. The zero-order valence-electron chi connectivity index (χ0n) is 9.65. The Balaban J connectivity index is 3.30. The van der Waals surface area contributed by atoms with Crippen LogP contribution < -0.4 is 4.74 Å². The van der Waals surface area contributed by atoms with E-state index >= 15 is 0 Å². The molecule has 0 heterocycles. The van der Waals surface area contributed by atoms with Gasteiger partial charge in [0, 0.05) is 5.56 Å². The number of phenolic OH excluding ortho intramolecular Hbond substituents is 1. The molecular weight excluding hydrogens is 208 g/mol. The van der Waals surface area contributed by atoms with Crippen molar-refractivity contribution in [2.45, 2.75) is 26.2 Å². The molecular formula is C12H16O4. The Bertz CT molecular complexity index is 396. The lowest BCUT2D eigenvalue weighted by Gasteiger charge is -2.15. The number of carbonyl (C=O) groups is 1. The monoisotopic (exact) mass is 224 g/mol. The highest BCUT2D eigenvalue weighted by molar-refractivity contribution is 5.73. The highest BCUT2D eigenvalue weighted by Crippen LogP contribution is 2.35. The van der Waals surface area contributed by atoms with Crippen LogP contribution in [0.2, 0.25) is 0 Å². The maximum absolute atomic E-state index is 10.7. The van der Waals surface area contributed by atoms with Crippen LogP contribution in [0.15, 0.2) is 12.1 Å². The van der Waals surface area contributed by atoms with Crippen LogP contribution in [0.1, 0.15) is 30.9 Å². The third kappa shape index (κ3) is 2.45. The van der Waals surface area contributed by atoms with E-state index in [9.17, 15) is 9.90 Å². The molecule has 0 fully saturated rings. The molecule has 4 heteroatoms. The molecule has 0 radical (unpaired) electrons. The Morgan fingerprint density at radius 2 is 2.06 bits per heavy atom. The minimum Gasteiger partial charge on any atom is -0.504 e. The molecule has 0 atom stereocenters. The molecule has 0 bridgehead atoms. The van der Waals surface area contributed by atoms with E-state index in [1.54, 1.807) is 12.1 Å². The predicted molar refractivity (Wildman–Crippen MR) is 60.1 cm³/mol. The molecule has 0 aliphatic rings. The molecule has 0 aromatic heterocycles. The molecule has 16 heavy (non-hydrogen) atoms. The molecule has 1 aromatic rings. The average molecular weight is 224 g/mol. The number of phenols is 1. The molecule has 0 spiro atoms. The zero-order valence-corrected chi connectivity index (χ0v) is 9.65. The van der Waals surface area contributed by atoms with Gasteiger partial charge in [0.05, 0.1) is 13.5 Å². The number of rotatable bonds is 4. The van der Waals surface area contributed by atoms with Gasteiger partial charge in [-0.05, 0) is 17.5 Å². The van der Waals surface area contributed by atoms with Crippen LogP contribution in [-0.2, 0) is 11.2 Å². The number of hydrogen-bond acceptors (Lipinski definition) is 3. The van der Waals surface area contributed by atoms with Gasteiger partial charge in [-0.25, -0.2) is 0 Å². The van der Waals surface area contributed by atoms with Crippen molar-refractivity contribution in [3.63, 3.8) is 0 Å². The van der Waals surface area contributed by atoms with Crippen LogP contribution in [0.3, 0.4) is 0 Å². The van der Waals surface area contributed by atoms with Crippen molar-refractivity contribution in [2.75, 3.05) is 7.11 Å². The molecule has 0 unspecified atom stereocenters. The molecule has 88 valence electrons. The number of hydrogen-bond donors (Lipinski definition) is 2. The van der Waals surface area contributed by atoms with E-state index in [1.165, 1.54) is 7.11 Å². The summed E-state index contributed by atoms with van der Waals surface area (Å²) in [7, 11) is 1.44. The van der Waals surface area contributed by atoms with Gasteiger partial charge in [0.1, 0.15) is 0 Å². The lowest BCUT2D eigenvalue weighted by Crippen LogP contribution is -2.06. The van der Waals surface area contributed by atoms with Crippen LogP contribution in [0.5, 0.6) is 11.5 Å². The Hall–Kier alpha value is -1.71. The van der Waals surface area contributed by atoms with Gasteiger partial charge < -0.3 is 14.9 Å². The number of carboxylic acids is 1. The van der Waals surface area contributed by atoms with Gasteiger partial charge in [0.2, 0.25) is 0 Å². The number of benzene rings is 1. The van der Waals surface area contributed by atoms with Gasteiger partial charge in [-0.2, -0.15) is 0 Å². The van der Waals surface area contributed by atoms with E-state index in [-0.39, 0.29) is 18.1 Å². The minimum absolute atomic E-state index is 0.0731. The maximum atomic E-state index is 10.7. The van der Waals surface area contributed by atoms with E-state index in [0.29, 0.717) is 11.3 Å². The summed E-state index contributed by atoms with van der Waals surface area (Å²) >= 11 is 0. The van der Waals surface area contributed by atoms with Gasteiger partial charge in [-0.3, -0.25) is 4.79 Å². The van der Waals surface area contributed by atoms with Crippen LogP contribution in [0, 0.1) is 0 Å². The second kappa shape index (κ2) is 4.88. The lowest BCUT2D eigenvalue weighted by atomic mass is 9.94. The molecule has 0 aliphatic heterocycles. The Morgan fingerprint density at radius 3 is 2.50 bits per heavy atom. The third-order valence-electron chi connectivity index (χ3n) is 2.45. The SMILES string of the molecule is COc1ccc(C(C)C)c(CC(=O)O)c1O. The standard InChI is InChI=1S/C12H16O4/c1-7(2)8-4-5-10(16-3)12(15)9(8)6-11(13)14/h4-5,7,15H,6H2,1-3H3,(H,13,14). The number of ether oxygens (including phenoxy) is 1. The smallest absolute Gasteiger partial charge is 0.307 e. The van der Waals surface area contributed by atoms with E-state index in [2.05, 4.69) is 0 Å². The fraction of sp³-hybridized carbons (Fsp3) is 0.417. The summed E-state index contributed by atoms with van der Waals surface area (Å²) in [4.78, 5) is 10.7. The number of methoxy groups -OCH3 is 1. The normalized spacial score (nSPS) is 10.5. The van der Waals surface area contributed by atoms with Crippen molar-refractivity contribution in [3.8, 4) is 11.5 Å². The Kier molecular flexibility index (Phi) is 3.77. The Morgan fingerprint density at radius 1 is 1.44 bits per heavy atom. The number of carboxylic acid groups (broad SMARTS) is 1. The first-order valence-electron chi connectivity index (χ1n) is 5.07. The first kappa shape index (κ1) is 12.4. The number of aromatic hydroxyl groups is 1. The van der Waals surface area contributed by atoms with Crippen LogP contribution in [-0.4, -0.2) is 23.3 Å². The summed E-state index contributed by atoms with van der Waals surface area (Å²) in [5, 5.41) is 18.7. The Labute approximate surface area is 94.5 Å². The first-order chi connectivity index (χ1) is 7.47. The third-order valence-corrected chi connectivity index (χ3v) is 2.45. The van der Waals surface area contributed by atoms with E-state index in [1.807, 2.05) is 13.8 Å². The van der Waals surface area contributed by atoms with Gasteiger partial charge in [-0.15, -0.1) is 0 Å². The highest BCUT2D eigenvalue weighted by atomic mass is 16.5. The molecule has 1 rings (SSSR count). The zero-order chi connectivity index (χ0) is 12.3. The summed E-state index contributed by atoms with van der Waals surface area (Å²) < 4.78 is 4.96. The van der Waals surface area contributed by atoms with E-state index in [4.69, 9.17) is 9.84 Å². The molecule has 1 aromatic carbocycles. The minimum atomic E-state index is -0.967. The lowest BCUT2D eigenvalue weighted by molar-refractivity contribution is -0.136. The van der Waals surface area contributed by atoms with Crippen molar-refractivity contribution in [2.24, 2.45) is 0 Å². The molecule has 0 saturated carbocycles. The van der Waals surface area contributed by atoms with Crippen molar-refractivity contribution in [1.82, 2.24) is 0 Å². The van der Waals surface area contributed by atoms with Crippen molar-refractivity contribution in [1.29, 1.82) is 0 Å². The molecule has 4 nitrogen and oxygen atoms in total. The van der Waals surface area contributed by atoms with Crippen molar-refractivity contribution >= 4 is 5.97 Å². The quantitative estimate of drug-likeness (QED) is 0.822. The van der Waals surface area contributed by atoms with Crippen molar-refractivity contribution < 1.29 is 19.7 Å². The van der Waals surface area contributed by atoms with Gasteiger partial charge in [-0.1, -0.05) is 19.9 Å². The summed E-state index contributed by atoms with van der Waals surface area (Å²) in [6.45, 7) is 3.90. The molecule has 2 N–H and O–H groups in total. The predicted octanol–water partition coefficient (Wildman–Crippen LogP) is 2.15. The maximum Gasteiger partial charge on any atom is 0.307 e. The molecule has 0 amide bonds.